The fraction of sp³-hybridized carbons (Fsp3) is 0.400. The number of aromatic amines is 1. The maximum Gasteiger partial charge on any atom is 0.355 e. The maximum absolute atomic E-state index is 12.3. The van der Waals surface area contributed by atoms with Crippen LogP contribution in [0.5, 0.6) is 0 Å². The van der Waals surface area contributed by atoms with Gasteiger partial charge in [-0.1, -0.05) is 17.7 Å². The number of benzene rings is 1. The predicted molar refractivity (Wildman–Crippen MR) is 100 cm³/mol. The molecule has 1 amide bonds. The van der Waals surface area contributed by atoms with Crippen LogP contribution in [0.3, 0.4) is 0 Å². The highest BCUT2D eigenvalue weighted by Gasteiger charge is 2.21. The van der Waals surface area contributed by atoms with Gasteiger partial charge in [-0.05, 0) is 58.2 Å². The number of hydrogen-bond acceptors (Lipinski definition) is 4. The van der Waals surface area contributed by atoms with E-state index in [2.05, 4.69) is 10.3 Å². The summed E-state index contributed by atoms with van der Waals surface area (Å²) in [5, 5.41) is 12.6. The van der Waals surface area contributed by atoms with E-state index in [0.717, 1.165) is 22.4 Å². The summed E-state index contributed by atoms with van der Waals surface area (Å²) in [6.45, 7) is 10.6. The number of carbonyl (C=O) groups is 2. The molecule has 0 radical (unpaired) electrons. The van der Waals surface area contributed by atoms with Crippen LogP contribution in [0.2, 0.25) is 0 Å². The molecule has 0 spiro atoms. The molecule has 0 unspecified atom stereocenters. The largest absolute Gasteiger partial charge is 0.451 e. The summed E-state index contributed by atoms with van der Waals surface area (Å²) in [6.07, 6.45) is -0.691. The number of H-pyrrole nitrogens is 1. The van der Waals surface area contributed by atoms with E-state index in [-0.39, 0.29) is 12.3 Å². The van der Waals surface area contributed by atoms with Crippen LogP contribution in [0.15, 0.2) is 12.1 Å². The molecular formula is C20H26N2O4. The van der Waals surface area contributed by atoms with Crippen molar-refractivity contribution >= 4 is 17.6 Å². The van der Waals surface area contributed by atoms with Gasteiger partial charge in [0.05, 0.1) is 6.10 Å². The summed E-state index contributed by atoms with van der Waals surface area (Å²) in [7, 11) is 0. The molecule has 6 heteroatoms. The SMILES string of the molecule is Cc1cc(C)c(NC(=O)COC(=O)c2[nH]c(C)c([C@@H](C)O)c2C)c(C)c1. The van der Waals surface area contributed by atoms with Gasteiger partial charge in [-0.25, -0.2) is 4.79 Å². The predicted octanol–water partition coefficient (Wildman–Crippen LogP) is 3.41. The molecule has 3 N–H and O–H groups in total. The highest BCUT2D eigenvalue weighted by molar-refractivity contribution is 5.96. The van der Waals surface area contributed by atoms with E-state index in [4.69, 9.17) is 4.74 Å². The van der Waals surface area contributed by atoms with Gasteiger partial charge in [-0.15, -0.1) is 0 Å². The Balaban J connectivity index is 2.04. The summed E-state index contributed by atoms with van der Waals surface area (Å²) in [6, 6.07) is 3.97. The number of aromatic nitrogens is 1. The molecule has 140 valence electrons. The minimum absolute atomic E-state index is 0.258. The summed E-state index contributed by atoms with van der Waals surface area (Å²) >= 11 is 0. The zero-order chi connectivity index (χ0) is 19.6. The summed E-state index contributed by atoms with van der Waals surface area (Å²) in [4.78, 5) is 27.4. The molecule has 0 saturated carbocycles. The Kier molecular flexibility index (Phi) is 5.87. The first-order valence-electron chi connectivity index (χ1n) is 8.53. The van der Waals surface area contributed by atoms with Gasteiger partial charge < -0.3 is 20.1 Å². The molecule has 0 aliphatic heterocycles. The van der Waals surface area contributed by atoms with E-state index in [1.807, 2.05) is 32.9 Å². The molecule has 2 aromatic rings. The van der Waals surface area contributed by atoms with Crippen LogP contribution in [0, 0.1) is 34.6 Å². The second-order valence-electron chi connectivity index (χ2n) is 6.74. The van der Waals surface area contributed by atoms with Gasteiger partial charge in [0.25, 0.3) is 5.91 Å². The van der Waals surface area contributed by atoms with E-state index >= 15 is 0 Å². The summed E-state index contributed by atoms with van der Waals surface area (Å²) in [5.41, 5.74) is 6.05. The molecule has 0 bridgehead atoms. The third kappa shape index (κ3) is 4.14. The lowest BCUT2D eigenvalue weighted by Gasteiger charge is -2.13. The fourth-order valence-corrected chi connectivity index (χ4v) is 3.35. The third-order valence-corrected chi connectivity index (χ3v) is 4.39. The summed E-state index contributed by atoms with van der Waals surface area (Å²) in [5.74, 6) is -1.02. The Labute approximate surface area is 153 Å². The first-order valence-corrected chi connectivity index (χ1v) is 8.53. The Bertz CT molecular complexity index is 827. The van der Waals surface area contributed by atoms with Crippen molar-refractivity contribution in [1.29, 1.82) is 0 Å². The Morgan fingerprint density at radius 3 is 2.23 bits per heavy atom. The number of esters is 1. The van der Waals surface area contributed by atoms with Crippen molar-refractivity contribution < 1.29 is 19.4 Å². The van der Waals surface area contributed by atoms with Crippen molar-refractivity contribution in [2.75, 3.05) is 11.9 Å². The lowest BCUT2D eigenvalue weighted by molar-refractivity contribution is -0.119. The van der Waals surface area contributed by atoms with Gasteiger partial charge in [0.2, 0.25) is 0 Å². The van der Waals surface area contributed by atoms with Gasteiger partial charge in [-0.2, -0.15) is 0 Å². The second kappa shape index (κ2) is 7.74. The first kappa shape index (κ1) is 19.7. The van der Waals surface area contributed by atoms with Crippen molar-refractivity contribution in [2.24, 2.45) is 0 Å². The molecule has 1 heterocycles. The molecule has 1 aromatic heterocycles. The molecule has 0 saturated heterocycles. The highest BCUT2D eigenvalue weighted by atomic mass is 16.5. The smallest absolute Gasteiger partial charge is 0.355 e. The highest BCUT2D eigenvalue weighted by Crippen LogP contribution is 2.25. The van der Waals surface area contributed by atoms with Crippen LogP contribution in [0.25, 0.3) is 0 Å². The van der Waals surface area contributed by atoms with Crippen LogP contribution in [0.1, 0.15) is 57.0 Å². The van der Waals surface area contributed by atoms with Crippen LogP contribution >= 0.6 is 0 Å². The molecule has 1 atom stereocenters. The average molecular weight is 358 g/mol. The molecule has 26 heavy (non-hydrogen) atoms. The maximum atomic E-state index is 12.3. The van der Waals surface area contributed by atoms with Gasteiger partial charge in [0.15, 0.2) is 6.61 Å². The topological polar surface area (TPSA) is 91.4 Å². The Hall–Kier alpha value is -2.60. The first-order chi connectivity index (χ1) is 12.1. The number of anilines is 1. The minimum atomic E-state index is -0.691. The van der Waals surface area contributed by atoms with Crippen LogP contribution in [-0.4, -0.2) is 28.6 Å². The zero-order valence-corrected chi connectivity index (χ0v) is 16.1. The quantitative estimate of drug-likeness (QED) is 0.714. The van der Waals surface area contributed by atoms with Gasteiger partial charge in [0, 0.05) is 16.9 Å². The van der Waals surface area contributed by atoms with E-state index in [1.165, 1.54) is 0 Å². The van der Waals surface area contributed by atoms with Crippen LogP contribution < -0.4 is 5.32 Å². The van der Waals surface area contributed by atoms with Crippen molar-refractivity contribution in [2.45, 2.75) is 47.6 Å². The van der Waals surface area contributed by atoms with Gasteiger partial charge in [-0.3, -0.25) is 4.79 Å². The van der Waals surface area contributed by atoms with Crippen molar-refractivity contribution in [3.8, 4) is 0 Å². The number of amides is 1. The molecule has 0 fully saturated rings. The van der Waals surface area contributed by atoms with Crippen molar-refractivity contribution in [3.63, 3.8) is 0 Å². The number of carbonyl (C=O) groups excluding carboxylic acids is 2. The van der Waals surface area contributed by atoms with E-state index in [1.54, 1.807) is 20.8 Å². The van der Waals surface area contributed by atoms with Gasteiger partial charge in [0.1, 0.15) is 5.69 Å². The van der Waals surface area contributed by atoms with Crippen LogP contribution in [-0.2, 0) is 9.53 Å². The number of aliphatic hydroxyl groups is 1. The van der Waals surface area contributed by atoms with Crippen molar-refractivity contribution in [1.82, 2.24) is 4.98 Å². The van der Waals surface area contributed by atoms with Gasteiger partial charge >= 0.3 is 5.97 Å². The molecule has 2 rings (SSSR count). The monoisotopic (exact) mass is 358 g/mol. The minimum Gasteiger partial charge on any atom is -0.451 e. The standard InChI is InChI=1S/C20H26N2O4/c1-10-7-11(2)18(12(3)8-10)22-16(24)9-26-20(25)19-13(4)17(15(6)23)14(5)21-19/h7-8,15,21,23H,9H2,1-6H3,(H,22,24)/t15-/m1/s1. The number of nitrogens with one attached hydrogen (secondary N) is 2. The number of rotatable bonds is 5. The number of hydrogen-bond donors (Lipinski definition) is 3. The van der Waals surface area contributed by atoms with Crippen molar-refractivity contribution in [3.05, 3.63) is 51.3 Å². The van der Waals surface area contributed by atoms with E-state index < -0.39 is 18.0 Å². The average Bonchev–Trinajstić information content (AvgIpc) is 2.83. The second-order valence-corrected chi connectivity index (χ2v) is 6.74. The fourth-order valence-electron chi connectivity index (χ4n) is 3.35. The molecule has 1 aromatic carbocycles. The Morgan fingerprint density at radius 2 is 1.73 bits per heavy atom. The van der Waals surface area contributed by atoms with Crippen LogP contribution in [0.4, 0.5) is 5.69 Å². The molecule has 6 nitrogen and oxygen atoms in total. The summed E-state index contributed by atoms with van der Waals surface area (Å²) < 4.78 is 5.13. The Morgan fingerprint density at radius 1 is 1.15 bits per heavy atom. The number of ether oxygens (including phenoxy) is 1. The number of aliphatic hydroxyl groups excluding tert-OH is 1. The lowest BCUT2D eigenvalue weighted by Crippen LogP contribution is -2.22. The number of aryl methyl sites for hydroxylation is 4. The third-order valence-electron chi connectivity index (χ3n) is 4.39. The van der Waals surface area contributed by atoms with E-state index in [0.29, 0.717) is 16.8 Å². The lowest BCUT2D eigenvalue weighted by atomic mass is 10.1. The van der Waals surface area contributed by atoms with E-state index in [9.17, 15) is 14.7 Å². The molecular weight excluding hydrogens is 332 g/mol. The molecule has 0 aliphatic carbocycles. The molecule has 0 aliphatic rings. The zero-order valence-electron chi connectivity index (χ0n) is 16.1. The normalized spacial score (nSPS) is 12.0.